The summed E-state index contributed by atoms with van der Waals surface area (Å²) in [6.45, 7) is 6.25. The van der Waals surface area contributed by atoms with E-state index in [0.29, 0.717) is 19.3 Å². The van der Waals surface area contributed by atoms with E-state index in [1.807, 2.05) is 12.2 Å². The third-order valence-corrected chi connectivity index (χ3v) is 9.52. The number of hydrogen-bond donors (Lipinski definition) is 3. The Bertz CT molecular complexity index is 1030. The molecule has 0 saturated carbocycles. The number of aliphatic hydroxyl groups excluding tert-OH is 2. The molecule has 6 nitrogen and oxygen atoms in total. The molecule has 0 bridgehead atoms. The van der Waals surface area contributed by atoms with Crippen molar-refractivity contribution in [3.63, 3.8) is 0 Å². The van der Waals surface area contributed by atoms with Crippen molar-refractivity contribution in [1.29, 1.82) is 0 Å². The smallest absolute Gasteiger partial charge is 0.306 e. The number of unbranched alkanes of at least 4 members (excludes halogenated alkanes) is 15. The van der Waals surface area contributed by atoms with Crippen LogP contribution < -0.4 is 5.32 Å². The van der Waals surface area contributed by atoms with Crippen molar-refractivity contribution in [3.05, 3.63) is 72.9 Å². The summed E-state index contributed by atoms with van der Waals surface area (Å²) >= 11 is 0. The first-order valence-corrected chi connectivity index (χ1v) is 22.2. The van der Waals surface area contributed by atoms with E-state index in [2.05, 4.69) is 86.8 Å². The van der Waals surface area contributed by atoms with Crippen molar-refractivity contribution < 1.29 is 24.5 Å². The molecule has 0 aromatic carbocycles. The Kier molecular flexibility index (Phi) is 39.4. The summed E-state index contributed by atoms with van der Waals surface area (Å²) in [6.07, 6.45) is 51.2. The highest BCUT2D eigenvalue weighted by molar-refractivity contribution is 5.77. The lowest BCUT2D eigenvalue weighted by Gasteiger charge is -2.24. The fourth-order valence-corrected chi connectivity index (χ4v) is 6.14. The number of amides is 1. The summed E-state index contributed by atoms with van der Waals surface area (Å²) in [5.41, 5.74) is 0. The molecule has 0 spiro atoms. The molecule has 0 aliphatic rings. The van der Waals surface area contributed by atoms with E-state index in [9.17, 15) is 19.8 Å². The second kappa shape index (κ2) is 41.5. The standard InChI is InChI=1S/C48H83NO5/c1-4-7-10-13-16-19-21-22-23-24-26-28-30-33-36-39-44(54-48(53)41-38-35-32-29-25-20-17-14-11-8-5-2)42-47(52)49-45(43-50)46(51)40-37-34-31-27-18-15-12-9-6-3/h7,10,14,16-17,19,22-23,26,28,33,36,44-46,50-51H,4-6,8-9,11-13,15,18,20-21,24-25,27,29-32,34-35,37-43H2,1-3H3,(H,49,52)/b10-7-,17-14-,19-16-,23-22-,28-26-,36-33-. The second-order valence-electron chi connectivity index (χ2n) is 14.7. The van der Waals surface area contributed by atoms with Crippen molar-refractivity contribution in [1.82, 2.24) is 5.32 Å². The lowest BCUT2D eigenvalue weighted by molar-refractivity contribution is -0.150. The molecule has 3 atom stereocenters. The summed E-state index contributed by atoms with van der Waals surface area (Å²) in [4.78, 5) is 25.9. The van der Waals surface area contributed by atoms with E-state index >= 15 is 0 Å². The molecule has 0 aromatic rings. The first-order valence-electron chi connectivity index (χ1n) is 22.2. The lowest BCUT2D eigenvalue weighted by atomic mass is 10.0. The molecule has 0 saturated heterocycles. The van der Waals surface area contributed by atoms with Gasteiger partial charge in [0.05, 0.1) is 25.2 Å². The summed E-state index contributed by atoms with van der Waals surface area (Å²) in [7, 11) is 0. The van der Waals surface area contributed by atoms with Crippen LogP contribution in [0.3, 0.4) is 0 Å². The average molecular weight is 754 g/mol. The van der Waals surface area contributed by atoms with Crippen LogP contribution in [0.4, 0.5) is 0 Å². The van der Waals surface area contributed by atoms with Gasteiger partial charge in [-0.15, -0.1) is 0 Å². The maximum absolute atomic E-state index is 13.1. The Morgan fingerprint density at radius 1 is 0.574 bits per heavy atom. The molecular formula is C48H83NO5. The third-order valence-electron chi connectivity index (χ3n) is 9.52. The first kappa shape index (κ1) is 51.3. The quantitative estimate of drug-likeness (QED) is 0.0331. The Labute approximate surface area is 332 Å². The van der Waals surface area contributed by atoms with Crippen LogP contribution in [0.2, 0.25) is 0 Å². The SMILES string of the molecule is CC/C=C\C/C=C\C/C=C\C/C=C\C/C=C\CC(CC(=O)NC(CO)C(O)CCCCCCCCCCC)OC(=O)CCCCCCC/C=C\CCCC. The van der Waals surface area contributed by atoms with Gasteiger partial charge in [-0.05, 0) is 64.2 Å². The minimum Gasteiger partial charge on any atom is -0.461 e. The van der Waals surface area contributed by atoms with E-state index < -0.39 is 18.2 Å². The van der Waals surface area contributed by atoms with Gasteiger partial charge in [0.1, 0.15) is 6.10 Å². The molecular weight excluding hydrogens is 671 g/mol. The molecule has 54 heavy (non-hydrogen) atoms. The van der Waals surface area contributed by atoms with Crippen LogP contribution in [0.1, 0.15) is 194 Å². The van der Waals surface area contributed by atoms with Crippen molar-refractivity contribution in [2.45, 2.75) is 212 Å². The number of rotatable bonds is 38. The number of allylic oxidation sites excluding steroid dienone is 11. The molecule has 0 aliphatic carbocycles. The van der Waals surface area contributed by atoms with Gasteiger partial charge in [0.25, 0.3) is 0 Å². The average Bonchev–Trinajstić information content (AvgIpc) is 3.16. The highest BCUT2D eigenvalue weighted by Crippen LogP contribution is 2.15. The Morgan fingerprint density at radius 3 is 1.61 bits per heavy atom. The molecule has 0 aliphatic heterocycles. The van der Waals surface area contributed by atoms with E-state index in [1.54, 1.807) is 0 Å². The number of aliphatic hydroxyl groups is 2. The van der Waals surface area contributed by atoms with Crippen molar-refractivity contribution >= 4 is 11.9 Å². The van der Waals surface area contributed by atoms with Crippen molar-refractivity contribution in [3.8, 4) is 0 Å². The van der Waals surface area contributed by atoms with E-state index in [0.717, 1.165) is 83.5 Å². The molecule has 0 radical (unpaired) electrons. The van der Waals surface area contributed by atoms with Crippen LogP contribution in [0, 0.1) is 0 Å². The van der Waals surface area contributed by atoms with Gasteiger partial charge < -0.3 is 20.3 Å². The predicted octanol–water partition coefficient (Wildman–Crippen LogP) is 12.7. The molecule has 3 N–H and O–H groups in total. The zero-order valence-electron chi connectivity index (χ0n) is 35.1. The van der Waals surface area contributed by atoms with Gasteiger partial charge in [0.15, 0.2) is 0 Å². The lowest BCUT2D eigenvalue weighted by Crippen LogP contribution is -2.46. The summed E-state index contributed by atoms with van der Waals surface area (Å²) in [6, 6.07) is -0.733. The van der Waals surface area contributed by atoms with E-state index in [-0.39, 0.29) is 24.9 Å². The topological polar surface area (TPSA) is 95.9 Å². The first-order chi connectivity index (χ1) is 26.5. The fourth-order valence-electron chi connectivity index (χ4n) is 6.14. The monoisotopic (exact) mass is 754 g/mol. The maximum Gasteiger partial charge on any atom is 0.306 e. The van der Waals surface area contributed by atoms with Gasteiger partial charge in [0.2, 0.25) is 5.91 Å². The van der Waals surface area contributed by atoms with Gasteiger partial charge in [-0.1, -0.05) is 184 Å². The van der Waals surface area contributed by atoms with Crippen LogP contribution in [0.5, 0.6) is 0 Å². The Balaban J connectivity index is 4.81. The highest BCUT2D eigenvalue weighted by atomic mass is 16.5. The second-order valence-corrected chi connectivity index (χ2v) is 14.7. The third kappa shape index (κ3) is 36.3. The molecule has 1 amide bonds. The van der Waals surface area contributed by atoms with Crippen molar-refractivity contribution in [2.75, 3.05) is 6.61 Å². The number of carbonyl (C=O) groups excluding carboxylic acids is 2. The molecule has 3 unspecified atom stereocenters. The summed E-state index contributed by atoms with van der Waals surface area (Å²) in [5, 5.41) is 23.5. The summed E-state index contributed by atoms with van der Waals surface area (Å²) < 4.78 is 5.82. The van der Waals surface area contributed by atoms with Gasteiger partial charge in [0, 0.05) is 12.8 Å². The summed E-state index contributed by atoms with van der Waals surface area (Å²) in [5.74, 6) is -0.600. The molecule has 0 fully saturated rings. The number of esters is 1. The molecule has 6 heteroatoms. The minimum absolute atomic E-state index is 0.00687. The highest BCUT2D eigenvalue weighted by Gasteiger charge is 2.23. The van der Waals surface area contributed by atoms with Crippen LogP contribution in [-0.2, 0) is 14.3 Å². The van der Waals surface area contributed by atoms with Crippen molar-refractivity contribution in [2.24, 2.45) is 0 Å². The maximum atomic E-state index is 13.1. The largest absolute Gasteiger partial charge is 0.461 e. The number of ether oxygens (including phenoxy) is 1. The van der Waals surface area contributed by atoms with Crippen LogP contribution in [0.15, 0.2) is 72.9 Å². The van der Waals surface area contributed by atoms with E-state index in [4.69, 9.17) is 4.74 Å². The number of hydrogen-bond acceptors (Lipinski definition) is 5. The predicted molar refractivity (Wildman–Crippen MR) is 231 cm³/mol. The number of carbonyl (C=O) groups is 2. The molecule has 0 rings (SSSR count). The van der Waals surface area contributed by atoms with Gasteiger partial charge in [-0.3, -0.25) is 9.59 Å². The van der Waals surface area contributed by atoms with Gasteiger partial charge >= 0.3 is 5.97 Å². The normalized spacial score (nSPS) is 14.1. The minimum atomic E-state index is -0.812. The zero-order chi connectivity index (χ0) is 39.6. The van der Waals surface area contributed by atoms with Gasteiger partial charge in [-0.25, -0.2) is 0 Å². The molecule has 0 heterocycles. The Morgan fingerprint density at radius 2 is 1.06 bits per heavy atom. The fraction of sp³-hybridized carbons (Fsp3) is 0.708. The van der Waals surface area contributed by atoms with Crippen LogP contribution in [0.25, 0.3) is 0 Å². The van der Waals surface area contributed by atoms with Crippen LogP contribution >= 0.6 is 0 Å². The van der Waals surface area contributed by atoms with Gasteiger partial charge in [-0.2, -0.15) is 0 Å². The molecule has 310 valence electrons. The Hall–Kier alpha value is -2.70. The number of nitrogens with one attached hydrogen (secondary N) is 1. The molecule has 0 aromatic heterocycles. The zero-order valence-corrected chi connectivity index (χ0v) is 35.1. The van der Waals surface area contributed by atoms with E-state index in [1.165, 1.54) is 64.2 Å². The van der Waals surface area contributed by atoms with Crippen LogP contribution in [-0.4, -0.2) is 46.9 Å².